The summed E-state index contributed by atoms with van der Waals surface area (Å²) in [6.07, 6.45) is 1.55. The molecule has 1 fully saturated rings. The molecule has 1 heterocycles. The summed E-state index contributed by atoms with van der Waals surface area (Å²) < 4.78 is 0. The fourth-order valence-corrected chi connectivity index (χ4v) is 2.87. The molecule has 0 saturated carbocycles. The summed E-state index contributed by atoms with van der Waals surface area (Å²) in [6.45, 7) is 13.5. The largest absolute Gasteiger partial charge is 0.393 e. The Hall–Kier alpha value is -0.0800. The Morgan fingerprint density at radius 2 is 1.62 bits per heavy atom. The van der Waals surface area contributed by atoms with Crippen molar-refractivity contribution in [3.8, 4) is 0 Å². The average molecular weight is 184 g/mol. The molecule has 1 rings (SSSR count). The standard InChI is InChI=1S/C11H22NO/c1-6-12-10(2,3)7-9(13)8-11(12,4)5/h9,13H,1,6-8H2,2-5H3. The van der Waals surface area contributed by atoms with Crippen molar-refractivity contribution in [2.75, 3.05) is 6.54 Å². The predicted molar refractivity (Wildman–Crippen MR) is 55.5 cm³/mol. The minimum absolute atomic E-state index is 0.0723. The highest BCUT2D eigenvalue weighted by Crippen LogP contribution is 2.37. The molecule has 1 N–H and O–H groups in total. The number of likely N-dealkylation sites (tertiary alicyclic amines) is 1. The molecule has 0 unspecified atom stereocenters. The van der Waals surface area contributed by atoms with Crippen molar-refractivity contribution in [3.63, 3.8) is 0 Å². The van der Waals surface area contributed by atoms with Crippen molar-refractivity contribution in [1.29, 1.82) is 0 Å². The van der Waals surface area contributed by atoms with E-state index in [2.05, 4.69) is 39.5 Å². The van der Waals surface area contributed by atoms with Gasteiger partial charge in [-0.1, -0.05) is 0 Å². The second kappa shape index (κ2) is 3.25. The van der Waals surface area contributed by atoms with Gasteiger partial charge in [0.15, 0.2) is 0 Å². The fourth-order valence-electron chi connectivity index (χ4n) is 2.87. The minimum atomic E-state index is -0.159. The van der Waals surface area contributed by atoms with E-state index in [1.54, 1.807) is 0 Å². The van der Waals surface area contributed by atoms with Crippen molar-refractivity contribution < 1.29 is 5.11 Å². The minimum Gasteiger partial charge on any atom is -0.393 e. The molecule has 13 heavy (non-hydrogen) atoms. The van der Waals surface area contributed by atoms with Crippen LogP contribution in [0.25, 0.3) is 0 Å². The van der Waals surface area contributed by atoms with Crippen molar-refractivity contribution in [3.05, 3.63) is 6.92 Å². The van der Waals surface area contributed by atoms with Crippen LogP contribution < -0.4 is 0 Å². The highest BCUT2D eigenvalue weighted by Gasteiger charge is 2.43. The summed E-state index contributed by atoms with van der Waals surface area (Å²) in [5.41, 5.74) is 0.145. The predicted octanol–water partition coefficient (Wildman–Crippen LogP) is 1.83. The van der Waals surface area contributed by atoms with Crippen molar-refractivity contribution in [2.24, 2.45) is 0 Å². The highest BCUT2D eigenvalue weighted by molar-refractivity contribution is 5.00. The second-order valence-corrected chi connectivity index (χ2v) is 5.34. The van der Waals surface area contributed by atoms with E-state index in [1.165, 1.54) is 0 Å². The van der Waals surface area contributed by atoms with Crippen LogP contribution in [0.2, 0.25) is 0 Å². The van der Waals surface area contributed by atoms with Gasteiger partial charge in [-0.25, -0.2) is 0 Å². The number of aliphatic hydroxyl groups is 1. The zero-order valence-electron chi connectivity index (χ0n) is 9.30. The van der Waals surface area contributed by atoms with E-state index >= 15 is 0 Å². The van der Waals surface area contributed by atoms with Crippen LogP contribution in [0.1, 0.15) is 40.5 Å². The molecule has 1 saturated heterocycles. The second-order valence-electron chi connectivity index (χ2n) is 5.34. The topological polar surface area (TPSA) is 23.5 Å². The van der Waals surface area contributed by atoms with E-state index < -0.39 is 0 Å². The maximum absolute atomic E-state index is 9.75. The van der Waals surface area contributed by atoms with E-state index in [-0.39, 0.29) is 17.2 Å². The zero-order valence-corrected chi connectivity index (χ0v) is 9.30. The molecule has 0 aromatic rings. The molecule has 2 nitrogen and oxygen atoms in total. The normalized spacial score (nSPS) is 29.1. The number of aliphatic hydroxyl groups excluding tert-OH is 1. The van der Waals surface area contributed by atoms with Crippen molar-refractivity contribution in [1.82, 2.24) is 4.90 Å². The molecule has 77 valence electrons. The molecule has 0 spiro atoms. The molecule has 0 aromatic carbocycles. The van der Waals surface area contributed by atoms with Gasteiger partial charge in [0, 0.05) is 11.1 Å². The summed E-state index contributed by atoms with van der Waals surface area (Å²) in [6, 6.07) is 0. The molecule has 0 bridgehead atoms. The molecule has 0 amide bonds. The van der Waals surface area contributed by atoms with E-state index in [1.807, 2.05) is 0 Å². The Labute approximate surface area is 81.9 Å². The van der Waals surface area contributed by atoms with Crippen LogP contribution in [-0.4, -0.2) is 33.7 Å². The van der Waals surface area contributed by atoms with Crippen LogP contribution in [0.15, 0.2) is 0 Å². The number of hydrogen-bond acceptors (Lipinski definition) is 2. The smallest absolute Gasteiger partial charge is 0.0575 e. The first-order valence-corrected chi connectivity index (χ1v) is 5.05. The molecule has 1 radical (unpaired) electrons. The molecule has 1 aliphatic heterocycles. The summed E-state index contributed by atoms with van der Waals surface area (Å²) in [4.78, 5) is 2.38. The SMILES string of the molecule is [CH2]CN1C(C)(C)CC(O)CC1(C)C. The third-order valence-electron chi connectivity index (χ3n) is 3.16. The maximum Gasteiger partial charge on any atom is 0.0575 e. The third-order valence-corrected chi connectivity index (χ3v) is 3.16. The lowest BCUT2D eigenvalue weighted by atomic mass is 9.78. The Morgan fingerprint density at radius 1 is 1.23 bits per heavy atom. The van der Waals surface area contributed by atoms with Gasteiger partial charge in [-0.3, -0.25) is 4.90 Å². The fraction of sp³-hybridized carbons (Fsp3) is 0.909. The third kappa shape index (κ3) is 2.05. The van der Waals surface area contributed by atoms with Gasteiger partial charge in [0.25, 0.3) is 0 Å². The van der Waals surface area contributed by atoms with Gasteiger partial charge in [-0.15, -0.1) is 0 Å². The van der Waals surface area contributed by atoms with Crippen LogP contribution >= 0.6 is 0 Å². The zero-order chi connectivity index (χ0) is 10.3. The van der Waals surface area contributed by atoms with Gasteiger partial charge in [-0.2, -0.15) is 0 Å². The number of hydrogen-bond donors (Lipinski definition) is 1. The summed E-state index contributed by atoms with van der Waals surface area (Å²) in [7, 11) is 0. The molecular weight excluding hydrogens is 162 g/mol. The first kappa shape index (κ1) is 11.0. The van der Waals surface area contributed by atoms with E-state index in [0.717, 1.165) is 19.4 Å². The molecule has 2 heteroatoms. The van der Waals surface area contributed by atoms with Crippen LogP contribution in [0.3, 0.4) is 0 Å². The van der Waals surface area contributed by atoms with Gasteiger partial charge in [0.2, 0.25) is 0 Å². The van der Waals surface area contributed by atoms with Gasteiger partial charge in [-0.05, 0) is 54.0 Å². The lowest BCUT2D eigenvalue weighted by molar-refractivity contribution is -0.0739. The van der Waals surface area contributed by atoms with Gasteiger partial charge >= 0.3 is 0 Å². The Bertz CT molecular complexity index is 169. The first-order valence-electron chi connectivity index (χ1n) is 5.05. The van der Waals surface area contributed by atoms with Gasteiger partial charge < -0.3 is 5.11 Å². The highest BCUT2D eigenvalue weighted by atomic mass is 16.3. The molecule has 0 aliphatic carbocycles. The quantitative estimate of drug-likeness (QED) is 0.672. The van der Waals surface area contributed by atoms with E-state index in [9.17, 15) is 5.11 Å². The van der Waals surface area contributed by atoms with Gasteiger partial charge in [0.1, 0.15) is 0 Å². The van der Waals surface area contributed by atoms with Crippen LogP contribution in [0.5, 0.6) is 0 Å². The van der Waals surface area contributed by atoms with Crippen LogP contribution in [-0.2, 0) is 0 Å². The van der Waals surface area contributed by atoms with Gasteiger partial charge in [0.05, 0.1) is 6.10 Å². The summed E-state index contributed by atoms with van der Waals surface area (Å²) in [5, 5.41) is 9.75. The van der Waals surface area contributed by atoms with Crippen molar-refractivity contribution >= 4 is 0 Å². The lowest BCUT2D eigenvalue weighted by Gasteiger charge is -2.54. The van der Waals surface area contributed by atoms with Crippen LogP contribution in [0.4, 0.5) is 0 Å². The van der Waals surface area contributed by atoms with Crippen molar-refractivity contribution in [2.45, 2.75) is 57.7 Å². The van der Waals surface area contributed by atoms with E-state index in [0.29, 0.717) is 0 Å². The maximum atomic E-state index is 9.75. The molecule has 0 atom stereocenters. The first-order chi connectivity index (χ1) is 5.79. The lowest BCUT2D eigenvalue weighted by Crippen LogP contribution is -2.61. The number of piperidine rings is 1. The van der Waals surface area contributed by atoms with Crippen LogP contribution in [0, 0.1) is 6.92 Å². The Balaban J connectivity index is 2.88. The number of nitrogens with zero attached hydrogens (tertiary/aromatic N) is 1. The average Bonchev–Trinajstić information content (AvgIpc) is 1.79. The molecular formula is C11H22NO. The Kier molecular flexibility index (Phi) is 2.75. The summed E-state index contributed by atoms with van der Waals surface area (Å²) in [5.74, 6) is 0. The number of rotatable bonds is 1. The monoisotopic (exact) mass is 184 g/mol. The van der Waals surface area contributed by atoms with E-state index in [4.69, 9.17) is 0 Å². The summed E-state index contributed by atoms with van der Waals surface area (Å²) >= 11 is 0. The molecule has 1 aliphatic rings. The molecule has 0 aromatic heterocycles. The Morgan fingerprint density at radius 3 is 1.92 bits per heavy atom.